The van der Waals surface area contributed by atoms with Gasteiger partial charge in [0, 0.05) is 17.9 Å². The summed E-state index contributed by atoms with van der Waals surface area (Å²) in [7, 11) is 0. The van der Waals surface area contributed by atoms with Gasteiger partial charge in [0.1, 0.15) is 116 Å². The van der Waals surface area contributed by atoms with Gasteiger partial charge in [0.15, 0.2) is 37.6 Å². The number of rotatable bonds is 17. The Labute approximate surface area is 562 Å². The monoisotopic (exact) mass is 1390 g/mol. The lowest BCUT2D eigenvalue weighted by molar-refractivity contribution is -0.400. The number of aliphatic hydroxyl groups excluding tert-OH is 15. The molecule has 10 aliphatic rings. The van der Waals surface area contributed by atoms with Crippen LogP contribution in [0.3, 0.4) is 0 Å². The predicted molar refractivity (Wildman–Crippen MR) is 325 cm³/mol. The largest absolute Gasteiger partial charge is 0.479 e. The minimum Gasteiger partial charge on any atom is -0.479 e. The van der Waals surface area contributed by atoms with Crippen molar-refractivity contribution in [3.05, 3.63) is 23.3 Å². The average Bonchev–Trinajstić information content (AvgIpc) is 0.668. The van der Waals surface area contributed by atoms with Crippen LogP contribution in [0, 0.1) is 50.2 Å². The Balaban J connectivity index is 1.01. The molecule has 97 heavy (non-hydrogen) atoms. The summed E-state index contributed by atoms with van der Waals surface area (Å²) in [6, 6.07) is 0. The first kappa shape index (κ1) is 76.5. The lowest BCUT2D eigenvalue weighted by Gasteiger charge is -2.73. The number of carboxylic acids is 1. The first-order chi connectivity index (χ1) is 45.3. The maximum atomic E-state index is 13.9. The topological polar surface area (TPSA) is 486 Å². The van der Waals surface area contributed by atoms with E-state index < -0.39 is 255 Å². The van der Waals surface area contributed by atoms with Gasteiger partial charge in [-0.25, -0.2) is 9.59 Å². The van der Waals surface area contributed by atoms with E-state index in [1.165, 1.54) is 13.8 Å². The van der Waals surface area contributed by atoms with Gasteiger partial charge < -0.3 is 139 Å². The Morgan fingerprint density at radius 2 is 1.13 bits per heavy atom. The first-order valence-electron chi connectivity index (χ1n) is 33.8. The molecule has 16 N–H and O–H groups in total. The first-order valence-corrected chi connectivity index (χ1v) is 33.8. The van der Waals surface area contributed by atoms with Crippen LogP contribution in [0.4, 0.5) is 0 Å². The van der Waals surface area contributed by atoms with Gasteiger partial charge in [0.2, 0.25) is 0 Å². The zero-order chi connectivity index (χ0) is 71.5. The summed E-state index contributed by atoms with van der Waals surface area (Å²) in [5, 5.41) is 177. The summed E-state index contributed by atoms with van der Waals surface area (Å²) >= 11 is 0. The summed E-state index contributed by atoms with van der Waals surface area (Å²) in [5.41, 5.74) is -4.38. The molecule has 0 amide bonds. The third-order valence-corrected chi connectivity index (χ3v) is 24.7. The number of aliphatic carboxylic acids is 1. The molecule has 5 aliphatic carbocycles. The lowest BCUT2D eigenvalue weighted by Crippen LogP contribution is -2.73. The molecule has 35 atom stereocenters. The third kappa shape index (κ3) is 13.0. The molecule has 0 radical (unpaired) electrons. The summed E-state index contributed by atoms with van der Waals surface area (Å²) in [6.45, 7) is 17.1. The van der Waals surface area contributed by atoms with Crippen LogP contribution < -0.4 is 0 Å². The summed E-state index contributed by atoms with van der Waals surface area (Å²) in [6.07, 6.45) is -42.6. The van der Waals surface area contributed by atoms with E-state index in [4.69, 9.17) is 56.8 Å². The van der Waals surface area contributed by atoms with Gasteiger partial charge in [-0.05, 0) is 105 Å². The number of esters is 2. The van der Waals surface area contributed by atoms with Crippen LogP contribution in [0.5, 0.6) is 0 Å². The second kappa shape index (κ2) is 28.5. The molecule has 4 saturated carbocycles. The van der Waals surface area contributed by atoms with Crippen LogP contribution in [0.2, 0.25) is 0 Å². The highest BCUT2D eigenvalue weighted by molar-refractivity contribution is 5.87. The van der Waals surface area contributed by atoms with Crippen molar-refractivity contribution in [1.82, 2.24) is 0 Å². The van der Waals surface area contributed by atoms with E-state index in [0.717, 1.165) is 5.57 Å². The molecular weight excluding hydrogens is 1290 g/mol. The second-order valence-electron chi connectivity index (χ2n) is 30.8. The molecule has 10 rings (SSSR count). The van der Waals surface area contributed by atoms with Crippen molar-refractivity contribution in [2.75, 3.05) is 26.4 Å². The van der Waals surface area contributed by atoms with Crippen molar-refractivity contribution < 1.29 is 153 Å². The number of carbonyl (C=O) groups is 3. The van der Waals surface area contributed by atoms with Gasteiger partial charge in [-0.3, -0.25) is 4.79 Å². The van der Waals surface area contributed by atoms with E-state index >= 15 is 0 Å². The van der Waals surface area contributed by atoms with E-state index in [-0.39, 0.29) is 36.7 Å². The number of ether oxygens (including phenoxy) is 12. The highest BCUT2D eigenvalue weighted by atomic mass is 16.8. The highest BCUT2D eigenvalue weighted by Gasteiger charge is 2.75. The average molecular weight is 1390 g/mol. The summed E-state index contributed by atoms with van der Waals surface area (Å²) in [5.74, 6) is -4.23. The van der Waals surface area contributed by atoms with Crippen molar-refractivity contribution in [3.63, 3.8) is 0 Å². The number of fused-ring (bicyclic) bond motifs is 7. The Morgan fingerprint density at radius 1 is 0.577 bits per heavy atom. The van der Waals surface area contributed by atoms with Crippen LogP contribution in [0.1, 0.15) is 121 Å². The Kier molecular flexibility index (Phi) is 22.5. The van der Waals surface area contributed by atoms with Crippen molar-refractivity contribution in [2.24, 2.45) is 50.2 Å². The number of hydrogen-bond acceptors (Lipinski definition) is 30. The van der Waals surface area contributed by atoms with Crippen molar-refractivity contribution in [1.29, 1.82) is 0 Å². The lowest BCUT2D eigenvalue weighted by atomic mass is 9.33. The van der Waals surface area contributed by atoms with Gasteiger partial charge >= 0.3 is 17.9 Å². The number of carbonyl (C=O) groups excluding carboxylic acids is 2. The molecule has 0 bridgehead atoms. The molecule has 0 aromatic carbocycles. The molecule has 5 aliphatic heterocycles. The van der Waals surface area contributed by atoms with Gasteiger partial charge in [0.25, 0.3) is 0 Å². The number of aliphatic hydroxyl groups is 15. The molecule has 0 aromatic heterocycles. The van der Waals surface area contributed by atoms with E-state index in [0.29, 0.717) is 25.7 Å². The minimum absolute atomic E-state index is 0.0658. The third-order valence-electron chi connectivity index (χ3n) is 24.7. The van der Waals surface area contributed by atoms with Crippen LogP contribution >= 0.6 is 0 Å². The number of hydrogen-bond donors (Lipinski definition) is 16. The van der Waals surface area contributed by atoms with Gasteiger partial charge in [-0.1, -0.05) is 66.2 Å². The standard InChI is InChI=1S/C66H104O31/c1-12-25(2)55(85)97-52-53(88-27(4)70)66(24-69)29(19-61(52,5)6)28-13-14-34-63(9)17-16-35(62(7,8)33(63)15-18-64(34,10)65(28,11)20-36(66)92-57-45(80)42(77)39(74)31(21-67)89-57)91-60-51(96-58-46(81)43(78)40(75)32(22-68)90-58)48(47(82)49(94-60)54(83)84)93-59-50(38(73)30(71)23-86-59)95-56-44(79)41(76)37(72)26(3)87-56/h12-13,26,29-53,56-60,67-69,71-82H,14-24H2,1-11H3,(H,83,84)/b25-12+/t26?,29-,30-,31+,32+,33-,34+,35-,36+,37?,38-,39+,40-,41?,42-,43-,44?,45+,46+,47-,48-,49-,50+,51+,52-,53-,56?,57-,58-,59-,60+,63-,64+,65+,66-/m0/s1. The molecule has 554 valence electrons. The van der Waals surface area contributed by atoms with E-state index in [1.54, 1.807) is 19.9 Å². The van der Waals surface area contributed by atoms with E-state index in [2.05, 4.69) is 26.8 Å². The molecule has 9 fully saturated rings. The van der Waals surface area contributed by atoms with Crippen molar-refractivity contribution >= 4 is 17.9 Å². The van der Waals surface area contributed by atoms with Gasteiger partial charge in [0.05, 0.1) is 50.2 Å². The maximum Gasteiger partial charge on any atom is 0.335 e. The molecule has 5 unspecified atom stereocenters. The fourth-order valence-electron chi connectivity index (χ4n) is 18.8. The second-order valence-corrected chi connectivity index (χ2v) is 30.8. The number of carboxylic acid groups (broad SMARTS) is 1. The fraction of sp³-hybridized carbons (Fsp3) is 0.894. The van der Waals surface area contributed by atoms with Crippen LogP contribution in [-0.4, -0.2) is 298 Å². The molecule has 31 nitrogen and oxygen atoms in total. The van der Waals surface area contributed by atoms with E-state index in [9.17, 15) is 96.1 Å². The minimum atomic E-state index is -2.26. The summed E-state index contributed by atoms with van der Waals surface area (Å²) in [4.78, 5) is 40.7. The zero-order valence-electron chi connectivity index (χ0n) is 56.6. The molecular formula is C66H104O31. The summed E-state index contributed by atoms with van der Waals surface area (Å²) < 4.78 is 74.9. The smallest absolute Gasteiger partial charge is 0.335 e. The Bertz CT molecular complexity index is 2860. The number of allylic oxidation sites excluding steroid dienone is 3. The van der Waals surface area contributed by atoms with Crippen LogP contribution in [0.25, 0.3) is 0 Å². The Hall–Kier alpha value is -3.11. The predicted octanol–water partition coefficient (Wildman–Crippen LogP) is -2.98. The molecule has 0 spiro atoms. The van der Waals surface area contributed by atoms with Crippen molar-refractivity contribution in [3.8, 4) is 0 Å². The van der Waals surface area contributed by atoms with Gasteiger partial charge in [-0.15, -0.1) is 0 Å². The van der Waals surface area contributed by atoms with Crippen molar-refractivity contribution in [2.45, 2.75) is 293 Å². The molecule has 5 heterocycles. The zero-order valence-corrected chi connectivity index (χ0v) is 56.6. The van der Waals surface area contributed by atoms with E-state index in [1.807, 2.05) is 27.7 Å². The SMILES string of the molecule is C/C=C(\C)C(=O)O[C@H]1[C@H](OC(C)=O)[C@]2(CO)[C@H](O[C@@H]3O[C@H](CO)[C@@H](O)[C@H](O)[C@H]3O)C[C@]3(C)C(=CC[C@@H]4[C@@]5(C)CC[C@H](O[C@@H]6O[C@H](C(=O)O)[C@@H](O)[C@H](O[C@@H]7OC[C@H](O)[C@H](O)[C@H]7OC7OC(C)C(O)C(O)C7O)[C@H]6O[C@@H]6O[C@H](CO)[C@H](O)[C@H](O)[C@H]6O)C(C)(C)[C@@H]5CC[C@]43C)[C@@H]2CC1(C)C. The molecule has 5 saturated heterocycles. The maximum absolute atomic E-state index is 13.9. The Morgan fingerprint density at radius 3 is 1.70 bits per heavy atom. The van der Waals surface area contributed by atoms with Crippen LogP contribution in [0.15, 0.2) is 23.3 Å². The van der Waals surface area contributed by atoms with Crippen LogP contribution in [-0.2, 0) is 71.2 Å². The molecule has 0 aromatic rings. The van der Waals surface area contributed by atoms with Gasteiger partial charge in [-0.2, -0.15) is 0 Å². The fourth-order valence-corrected chi connectivity index (χ4v) is 18.8. The molecule has 31 heteroatoms. The quantitative estimate of drug-likeness (QED) is 0.0299. The highest BCUT2D eigenvalue weighted by Crippen LogP contribution is 2.76. The normalized spacial score (nSPS) is 51.3.